The van der Waals surface area contributed by atoms with E-state index in [2.05, 4.69) is 54.4 Å². The maximum absolute atomic E-state index is 13.6. The lowest BCUT2D eigenvalue weighted by atomic mass is 10.1. The molecule has 0 radical (unpaired) electrons. The molecule has 3 aliphatic heterocycles. The molecular formula is C21H23ClN10O10P2S2. The van der Waals surface area contributed by atoms with Crippen molar-refractivity contribution >= 4 is 83.8 Å². The van der Waals surface area contributed by atoms with Gasteiger partial charge in [-0.2, -0.15) is 15.0 Å². The Morgan fingerprint density at radius 3 is 2.46 bits per heavy atom. The zero-order valence-corrected chi connectivity index (χ0v) is 27.2. The second-order valence-corrected chi connectivity index (χ2v) is 17.1. The molecule has 10 atom stereocenters. The number of H-pyrrole nitrogens is 1. The van der Waals surface area contributed by atoms with E-state index >= 15 is 0 Å². The molecule has 246 valence electrons. The van der Waals surface area contributed by atoms with Gasteiger partial charge >= 0.3 is 13.6 Å². The third-order valence-corrected chi connectivity index (χ3v) is 11.6. The minimum Gasteiger partial charge on any atom is -0.386 e. The Kier molecular flexibility index (Phi) is 7.13. The normalized spacial score (nSPS) is 39.4. The number of imidazole rings is 2. The fourth-order valence-corrected chi connectivity index (χ4v) is 9.35. The number of aromatic nitrogens is 8. The highest BCUT2D eigenvalue weighted by atomic mass is 35.5. The van der Waals surface area contributed by atoms with E-state index in [1.54, 1.807) is 4.57 Å². The number of ether oxygens (including phenoxy) is 2. The zero-order valence-electron chi connectivity index (χ0n) is 22.9. The summed E-state index contributed by atoms with van der Waals surface area (Å²) in [6, 6.07) is 0. The number of aromatic amines is 1. The molecule has 4 aromatic heterocycles. The Labute approximate surface area is 271 Å². The topological polar surface area (TPSA) is 269 Å². The number of nitrogens with one attached hydrogen (secondary N) is 1. The average molecular weight is 737 g/mol. The summed E-state index contributed by atoms with van der Waals surface area (Å²) >= 11 is 14.4. The minimum absolute atomic E-state index is 0.00276. The van der Waals surface area contributed by atoms with Gasteiger partial charge in [0.1, 0.15) is 36.0 Å². The van der Waals surface area contributed by atoms with Crippen LogP contribution in [0.5, 0.6) is 0 Å². The molecule has 1 saturated carbocycles. The second kappa shape index (κ2) is 10.6. The number of halogens is 1. The third-order valence-electron chi connectivity index (χ3n) is 8.20. The van der Waals surface area contributed by atoms with Gasteiger partial charge in [-0.1, -0.05) is 24.5 Å². The van der Waals surface area contributed by atoms with Crippen molar-refractivity contribution in [2.75, 3.05) is 24.7 Å². The largest absolute Gasteiger partial charge is 0.386 e. The lowest BCUT2D eigenvalue weighted by molar-refractivity contribution is -0.0845. The minimum atomic E-state index is -4.25. The number of thiol groups is 2. The molecular weight excluding hydrogens is 714 g/mol. The summed E-state index contributed by atoms with van der Waals surface area (Å²) < 4.78 is 65.1. The first kappa shape index (κ1) is 31.0. The number of rotatable bonds is 2. The highest BCUT2D eigenvalue weighted by Gasteiger charge is 2.71. The molecule has 4 aromatic rings. The van der Waals surface area contributed by atoms with Gasteiger partial charge in [0.05, 0.1) is 25.9 Å². The fourth-order valence-electron chi connectivity index (χ4n) is 6.17. The highest BCUT2D eigenvalue weighted by molar-refractivity contribution is 8.44. The van der Waals surface area contributed by atoms with Gasteiger partial charge in [0.25, 0.3) is 5.56 Å². The summed E-state index contributed by atoms with van der Waals surface area (Å²) in [5.74, 6) is -0.561. The number of nitrogens with zero attached hydrogens (tertiary/aromatic N) is 7. The second-order valence-electron chi connectivity index (χ2n) is 11.0. The Bertz CT molecular complexity index is 2070. The number of nitrogens with two attached hydrogens (primary N) is 2. The number of nitrogen functional groups attached to an aromatic ring is 2. The first-order chi connectivity index (χ1) is 21.8. The standard InChI is InChI=1S/C21H23ClN10O10P2S2/c22-19-27-14(23)9-16(28-19)32(5-26-9)21-1-6(21)12-8(40-21)3-38-44(36,46)42-13-7(2-37-43(35,45)41-12)39-18(11(13)33)31-4-25-10-15(31)29-20(24)30-17(10)34/h4-8,11-13,18,33H,1-3H2,(H,35,45)(H,36,46)(H2,23,27,28)(H3,24,29,30,34)/t6?,7-,8-,11?,12?,13?,18-,21-,43-,44-/m1/s1. The molecule has 3 saturated heterocycles. The Morgan fingerprint density at radius 2 is 1.70 bits per heavy atom. The van der Waals surface area contributed by atoms with E-state index in [4.69, 9.17) is 50.6 Å². The maximum atomic E-state index is 13.6. The van der Waals surface area contributed by atoms with Gasteiger partial charge in [0.2, 0.25) is 11.2 Å². The van der Waals surface area contributed by atoms with Crippen LogP contribution in [-0.4, -0.2) is 87.9 Å². The summed E-state index contributed by atoms with van der Waals surface area (Å²) in [4.78, 5) is 35.2. The Hall–Kier alpha value is -2.33. The predicted octanol–water partition coefficient (Wildman–Crippen LogP) is 1.00. The molecule has 0 bridgehead atoms. The van der Waals surface area contributed by atoms with Gasteiger partial charge in [0.15, 0.2) is 34.6 Å². The van der Waals surface area contributed by atoms with Gasteiger partial charge in [-0.05, 0) is 11.6 Å². The van der Waals surface area contributed by atoms with E-state index in [1.165, 1.54) is 17.2 Å². The van der Waals surface area contributed by atoms with E-state index in [0.29, 0.717) is 17.6 Å². The Morgan fingerprint density at radius 1 is 1.00 bits per heavy atom. The van der Waals surface area contributed by atoms with Crippen molar-refractivity contribution in [3.05, 3.63) is 28.3 Å². The number of aliphatic hydroxyl groups excluding tert-OH is 1. The van der Waals surface area contributed by atoms with Gasteiger partial charge in [-0.25, -0.2) is 19.1 Å². The van der Waals surface area contributed by atoms with Crippen molar-refractivity contribution in [1.82, 2.24) is 39.0 Å². The number of aliphatic hydroxyl groups is 1. The number of anilines is 2. The summed E-state index contributed by atoms with van der Waals surface area (Å²) in [6.07, 6.45) is -4.35. The van der Waals surface area contributed by atoms with Crippen LogP contribution < -0.4 is 17.0 Å². The predicted molar refractivity (Wildman–Crippen MR) is 163 cm³/mol. The van der Waals surface area contributed by atoms with Crippen molar-refractivity contribution in [2.24, 2.45) is 5.92 Å². The smallest absolute Gasteiger partial charge is 0.386 e. The van der Waals surface area contributed by atoms with Gasteiger partial charge in [-0.3, -0.25) is 37.0 Å². The number of hydrogen-bond donors (Lipinski definition) is 6. The van der Waals surface area contributed by atoms with Crippen LogP contribution in [-0.2, 0) is 42.4 Å². The van der Waals surface area contributed by atoms with Crippen LogP contribution in [0.25, 0.3) is 22.3 Å². The van der Waals surface area contributed by atoms with Gasteiger partial charge in [0, 0.05) is 12.3 Å². The van der Waals surface area contributed by atoms with Crippen molar-refractivity contribution in [1.29, 1.82) is 0 Å². The lowest BCUT2D eigenvalue weighted by Crippen LogP contribution is -2.37. The lowest BCUT2D eigenvalue weighted by Gasteiger charge is -2.29. The Balaban J connectivity index is 1.08. The molecule has 46 heavy (non-hydrogen) atoms. The average Bonchev–Trinajstić information content (AvgIpc) is 3.30. The van der Waals surface area contributed by atoms with Crippen LogP contribution in [0.4, 0.5) is 11.8 Å². The molecule has 4 fully saturated rings. The summed E-state index contributed by atoms with van der Waals surface area (Å²) in [7, 11) is 0. The van der Waals surface area contributed by atoms with E-state index in [1.807, 2.05) is 0 Å². The molecule has 20 nitrogen and oxygen atoms in total. The molecule has 4 aliphatic rings. The van der Waals surface area contributed by atoms with E-state index in [9.17, 15) is 19.0 Å². The molecule has 0 aromatic carbocycles. The summed E-state index contributed by atoms with van der Waals surface area (Å²) in [5, 5.41) is 11.2. The van der Waals surface area contributed by atoms with Gasteiger partial charge < -0.3 is 26.0 Å². The summed E-state index contributed by atoms with van der Waals surface area (Å²) in [6.45, 7) is -9.32. The quantitative estimate of drug-likeness (QED) is 0.0952. The molecule has 6 N–H and O–H groups in total. The van der Waals surface area contributed by atoms with Crippen molar-refractivity contribution in [2.45, 2.75) is 48.9 Å². The first-order valence-electron chi connectivity index (χ1n) is 13.5. The molecule has 8 rings (SSSR count). The van der Waals surface area contributed by atoms with E-state index < -0.39 is 80.8 Å². The SMILES string of the molecule is Nc1nc2c(ncn2[C@@H]2O[C@@H]3CO[P@@](=O)(S)OC4C5C[C@@]5(n5cnc6c(N)nc(Cl)nc65)O[C@@H]4CO[P@@](=O)(S)OC3C2O)c(=O)[nH]1. The summed E-state index contributed by atoms with van der Waals surface area (Å²) in [5.41, 5.74) is 10.5. The highest BCUT2D eigenvalue weighted by Crippen LogP contribution is 2.67. The van der Waals surface area contributed by atoms with E-state index in [0.717, 1.165) is 0 Å². The van der Waals surface area contributed by atoms with Crippen LogP contribution in [0.15, 0.2) is 17.4 Å². The maximum Gasteiger partial charge on any atom is 0.386 e. The third kappa shape index (κ3) is 4.98. The van der Waals surface area contributed by atoms with Crippen LogP contribution in [0.3, 0.4) is 0 Å². The number of fused-ring (bicyclic) bond motifs is 6. The molecule has 7 heterocycles. The van der Waals surface area contributed by atoms with Crippen molar-refractivity contribution < 1.29 is 41.8 Å². The van der Waals surface area contributed by atoms with Crippen molar-refractivity contribution in [3.8, 4) is 0 Å². The van der Waals surface area contributed by atoms with E-state index in [-0.39, 0.29) is 28.2 Å². The van der Waals surface area contributed by atoms with Crippen LogP contribution >= 0.6 is 49.7 Å². The molecule has 1 aliphatic carbocycles. The van der Waals surface area contributed by atoms with Crippen LogP contribution in [0.2, 0.25) is 5.28 Å². The zero-order chi connectivity index (χ0) is 32.3. The van der Waals surface area contributed by atoms with Crippen molar-refractivity contribution in [3.63, 3.8) is 0 Å². The first-order valence-corrected chi connectivity index (χ1v) is 19.2. The van der Waals surface area contributed by atoms with Crippen LogP contribution in [0.1, 0.15) is 12.6 Å². The molecule has 0 spiro atoms. The molecule has 25 heteroatoms. The monoisotopic (exact) mass is 736 g/mol. The molecule has 4 unspecified atom stereocenters. The van der Waals surface area contributed by atoms with Gasteiger partial charge in [-0.15, -0.1) is 0 Å². The van der Waals surface area contributed by atoms with Crippen LogP contribution in [0, 0.1) is 5.92 Å². The number of hydrogen-bond acceptors (Lipinski definition) is 17. The molecule has 0 amide bonds. The fraction of sp³-hybridized carbons (Fsp3) is 0.524.